The standard InChI is InChI=1S/C22H32N4S.C8H14BrNO/c1-6-25(4)15-23-20-12-16(2)19(11-17(20)3)13-22-24-21(14-27-22)18-7-9-26(5)10-8-18;1-10-4-2-7(3-5-10)8(11)6-9/h11-12,14-15,18H,6-10,13H2,1-5H3;7H,2-6H2,1H3. The second-order valence-corrected chi connectivity index (χ2v) is 12.5. The molecule has 210 valence electrons. The molecule has 2 aliphatic heterocycles. The van der Waals surface area contributed by atoms with Crippen LogP contribution >= 0.6 is 27.3 Å². The Morgan fingerprint density at radius 2 is 1.74 bits per heavy atom. The first kappa shape index (κ1) is 30.9. The van der Waals surface area contributed by atoms with E-state index in [9.17, 15) is 4.79 Å². The van der Waals surface area contributed by atoms with Gasteiger partial charge in [0.1, 0.15) is 5.78 Å². The zero-order valence-electron chi connectivity index (χ0n) is 24.2. The monoisotopic (exact) mass is 603 g/mol. The van der Waals surface area contributed by atoms with Crippen molar-refractivity contribution >= 4 is 45.1 Å². The minimum atomic E-state index is 0.325. The topological polar surface area (TPSA) is 52.0 Å². The van der Waals surface area contributed by atoms with Gasteiger partial charge in [0, 0.05) is 37.2 Å². The maximum absolute atomic E-state index is 11.2. The Kier molecular flexibility index (Phi) is 12.4. The number of rotatable bonds is 8. The van der Waals surface area contributed by atoms with Crippen molar-refractivity contribution in [1.82, 2.24) is 19.7 Å². The lowest BCUT2D eigenvalue weighted by molar-refractivity contribution is -0.121. The van der Waals surface area contributed by atoms with Crippen LogP contribution in [0.3, 0.4) is 0 Å². The summed E-state index contributed by atoms with van der Waals surface area (Å²) in [6.45, 7) is 11.9. The zero-order valence-corrected chi connectivity index (χ0v) is 26.6. The van der Waals surface area contributed by atoms with Gasteiger partial charge in [0.2, 0.25) is 0 Å². The largest absolute Gasteiger partial charge is 0.366 e. The molecule has 2 fully saturated rings. The van der Waals surface area contributed by atoms with Crippen molar-refractivity contribution in [2.24, 2.45) is 10.9 Å². The minimum Gasteiger partial charge on any atom is -0.366 e. The van der Waals surface area contributed by atoms with Gasteiger partial charge in [-0.2, -0.15) is 0 Å². The number of piperidine rings is 2. The molecule has 0 spiro atoms. The molecule has 0 saturated carbocycles. The Hall–Kier alpha value is -1.61. The van der Waals surface area contributed by atoms with E-state index in [-0.39, 0.29) is 0 Å². The molecule has 2 aromatic rings. The number of Topliss-reactive ketones (excluding diaryl/α,β-unsaturated/α-hetero) is 1. The minimum absolute atomic E-state index is 0.325. The van der Waals surface area contributed by atoms with E-state index in [1.54, 1.807) is 0 Å². The van der Waals surface area contributed by atoms with Crippen LogP contribution in [-0.4, -0.2) is 91.0 Å². The fourth-order valence-electron chi connectivity index (χ4n) is 4.93. The number of hydrogen-bond donors (Lipinski definition) is 0. The first-order valence-electron chi connectivity index (χ1n) is 13.9. The van der Waals surface area contributed by atoms with E-state index in [4.69, 9.17) is 4.98 Å². The first-order chi connectivity index (χ1) is 18.2. The fraction of sp³-hybridized carbons (Fsp3) is 0.633. The van der Waals surface area contributed by atoms with E-state index in [0.717, 1.165) is 44.6 Å². The van der Waals surface area contributed by atoms with Crippen LogP contribution in [0.2, 0.25) is 0 Å². The van der Waals surface area contributed by atoms with E-state index >= 15 is 0 Å². The van der Waals surface area contributed by atoms with E-state index in [0.29, 0.717) is 22.9 Å². The van der Waals surface area contributed by atoms with Crippen molar-refractivity contribution in [2.75, 3.05) is 59.2 Å². The van der Waals surface area contributed by atoms with Crippen LogP contribution in [0, 0.1) is 19.8 Å². The van der Waals surface area contributed by atoms with E-state index in [1.807, 2.05) is 24.7 Å². The van der Waals surface area contributed by atoms with Gasteiger partial charge < -0.3 is 14.7 Å². The maximum Gasteiger partial charge on any atom is 0.146 e. The number of hydrogen-bond acceptors (Lipinski definition) is 6. The van der Waals surface area contributed by atoms with Gasteiger partial charge in [0.25, 0.3) is 0 Å². The number of alkyl halides is 1. The van der Waals surface area contributed by atoms with Gasteiger partial charge in [0.15, 0.2) is 0 Å². The van der Waals surface area contributed by atoms with Crippen molar-refractivity contribution in [3.63, 3.8) is 0 Å². The van der Waals surface area contributed by atoms with Crippen LogP contribution in [0.4, 0.5) is 5.69 Å². The summed E-state index contributed by atoms with van der Waals surface area (Å²) in [6, 6.07) is 4.49. The van der Waals surface area contributed by atoms with E-state index < -0.39 is 0 Å². The predicted molar refractivity (Wildman–Crippen MR) is 166 cm³/mol. The summed E-state index contributed by atoms with van der Waals surface area (Å²) in [7, 11) is 6.36. The normalized spacial score (nSPS) is 18.0. The average Bonchev–Trinajstić information content (AvgIpc) is 3.38. The van der Waals surface area contributed by atoms with Crippen molar-refractivity contribution < 1.29 is 4.79 Å². The van der Waals surface area contributed by atoms with Gasteiger partial charge in [0.05, 0.1) is 28.1 Å². The number of benzene rings is 1. The Labute approximate surface area is 242 Å². The lowest BCUT2D eigenvalue weighted by Crippen LogP contribution is -2.33. The number of carbonyl (C=O) groups excluding carboxylic acids is 1. The number of carbonyl (C=O) groups is 1. The highest BCUT2D eigenvalue weighted by atomic mass is 79.9. The summed E-state index contributed by atoms with van der Waals surface area (Å²) in [5.41, 5.74) is 6.25. The maximum atomic E-state index is 11.2. The second-order valence-electron chi connectivity index (χ2n) is 11.0. The summed E-state index contributed by atoms with van der Waals surface area (Å²) < 4.78 is 0. The van der Waals surface area contributed by atoms with Gasteiger partial charge in [-0.15, -0.1) is 11.3 Å². The van der Waals surface area contributed by atoms with Crippen molar-refractivity contribution in [3.8, 4) is 0 Å². The number of likely N-dealkylation sites (tertiary alicyclic amines) is 2. The molecule has 0 bridgehead atoms. The highest BCUT2D eigenvalue weighted by molar-refractivity contribution is 9.09. The van der Waals surface area contributed by atoms with E-state index in [2.05, 4.69) is 88.0 Å². The number of aromatic nitrogens is 1. The highest BCUT2D eigenvalue weighted by Gasteiger charge is 2.22. The number of aryl methyl sites for hydroxylation is 2. The van der Waals surface area contributed by atoms with Crippen LogP contribution in [0.5, 0.6) is 0 Å². The van der Waals surface area contributed by atoms with Crippen LogP contribution in [-0.2, 0) is 11.2 Å². The van der Waals surface area contributed by atoms with Crippen LogP contribution in [0.1, 0.15) is 65.9 Å². The molecular formula is C30H46BrN5OS. The lowest BCUT2D eigenvalue weighted by atomic mass is 9.94. The molecule has 6 nitrogen and oxygen atoms in total. The molecule has 1 aromatic heterocycles. The van der Waals surface area contributed by atoms with Gasteiger partial charge in [-0.1, -0.05) is 22.0 Å². The molecule has 0 N–H and O–H groups in total. The quantitative estimate of drug-likeness (QED) is 0.208. The summed E-state index contributed by atoms with van der Waals surface area (Å²) in [6.07, 6.45) is 7.38. The van der Waals surface area contributed by atoms with Crippen LogP contribution in [0.15, 0.2) is 22.5 Å². The molecule has 1 aromatic carbocycles. The summed E-state index contributed by atoms with van der Waals surface area (Å²) in [5, 5.41) is 4.04. The summed E-state index contributed by atoms with van der Waals surface area (Å²) >= 11 is 5.02. The van der Waals surface area contributed by atoms with E-state index in [1.165, 1.54) is 53.3 Å². The SMILES string of the molecule is CCN(C)C=Nc1cc(C)c(Cc2nc(C3CCN(C)CC3)cs2)cc1C.CN1CCC(C(=O)CBr)CC1. The molecule has 2 aliphatic rings. The van der Waals surface area contributed by atoms with Crippen LogP contribution in [0.25, 0.3) is 0 Å². The van der Waals surface area contributed by atoms with Crippen molar-refractivity contribution in [1.29, 1.82) is 0 Å². The summed E-state index contributed by atoms with van der Waals surface area (Å²) in [4.78, 5) is 27.6. The van der Waals surface area contributed by atoms with Crippen LogP contribution < -0.4 is 0 Å². The smallest absolute Gasteiger partial charge is 0.146 e. The molecule has 0 amide bonds. The zero-order chi connectivity index (χ0) is 27.7. The molecule has 0 unspecified atom stereocenters. The molecule has 38 heavy (non-hydrogen) atoms. The average molecular weight is 605 g/mol. The Balaban J connectivity index is 0.000000304. The molecule has 3 heterocycles. The Morgan fingerprint density at radius 1 is 1.11 bits per heavy atom. The van der Waals surface area contributed by atoms with Crippen molar-refractivity contribution in [3.05, 3.63) is 44.9 Å². The molecule has 4 rings (SSSR count). The molecule has 0 atom stereocenters. The van der Waals surface area contributed by atoms with Gasteiger partial charge >= 0.3 is 0 Å². The number of thiazole rings is 1. The van der Waals surface area contributed by atoms with Crippen molar-refractivity contribution in [2.45, 2.75) is 58.8 Å². The molecule has 0 aliphatic carbocycles. The third kappa shape index (κ3) is 9.25. The predicted octanol–water partition coefficient (Wildman–Crippen LogP) is 6.06. The number of aliphatic imine (C=N–C) groups is 1. The molecular weight excluding hydrogens is 558 g/mol. The highest BCUT2D eigenvalue weighted by Crippen LogP contribution is 2.30. The van der Waals surface area contributed by atoms with Gasteiger partial charge in [-0.05, 0) is 109 Å². The Bertz CT molecular complexity index is 1050. The Morgan fingerprint density at radius 3 is 2.34 bits per heavy atom. The summed E-state index contributed by atoms with van der Waals surface area (Å²) in [5.74, 6) is 1.34. The lowest BCUT2D eigenvalue weighted by Gasteiger charge is -2.27. The number of halogens is 1. The van der Waals surface area contributed by atoms with Gasteiger partial charge in [-0.3, -0.25) is 4.79 Å². The third-order valence-electron chi connectivity index (χ3n) is 7.90. The number of ketones is 1. The molecule has 0 radical (unpaired) electrons. The second kappa shape index (κ2) is 15.2. The first-order valence-corrected chi connectivity index (χ1v) is 15.9. The molecule has 2 saturated heterocycles. The third-order valence-corrected chi connectivity index (χ3v) is 9.32. The number of nitrogens with zero attached hydrogens (tertiary/aromatic N) is 5. The fourth-order valence-corrected chi connectivity index (χ4v) is 6.29. The molecule has 8 heteroatoms. The van der Waals surface area contributed by atoms with Gasteiger partial charge in [-0.25, -0.2) is 9.98 Å².